The first-order chi connectivity index (χ1) is 32.9. The molecule has 0 fully saturated rings. The average molecular weight is 1040 g/mol. The van der Waals surface area contributed by atoms with Gasteiger partial charge in [-0.3, -0.25) is 28.8 Å². The maximum absolute atomic E-state index is 13.6. The van der Waals surface area contributed by atoms with Crippen LogP contribution in [0.3, 0.4) is 0 Å². The molecule has 360 valence electrons. The number of ether oxygens (including phenoxy) is 2. The topological polar surface area (TPSA) is 218 Å². The first-order valence-corrected chi connectivity index (χ1v) is 23.1. The number of azo groups is 2. The Bertz CT molecular complexity index is 2820. The quantitative estimate of drug-likeness (QED) is 0.0314. The molecule has 5 rings (SSSR count). The molecule has 69 heavy (non-hydrogen) atoms. The van der Waals surface area contributed by atoms with Crippen LogP contribution in [0, 0.1) is 0 Å². The number of anilines is 4. The lowest BCUT2D eigenvalue weighted by Crippen LogP contribution is -2.32. The van der Waals surface area contributed by atoms with Crippen LogP contribution in [0.1, 0.15) is 63.6 Å². The lowest BCUT2D eigenvalue weighted by Gasteiger charge is -2.17. The molecule has 0 aromatic heterocycles. The summed E-state index contributed by atoms with van der Waals surface area (Å²) in [5.41, 5.74) is 3.63. The van der Waals surface area contributed by atoms with E-state index in [0.29, 0.717) is 53.0 Å². The summed E-state index contributed by atoms with van der Waals surface area (Å²) in [6.07, 6.45) is 1.14. The third-order valence-corrected chi connectivity index (χ3v) is 11.0. The highest BCUT2D eigenvalue weighted by Crippen LogP contribution is 2.33. The third kappa shape index (κ3) is 15.0. The van der Waals surface area contributed by atoms with Crippen LogP contribution in [0.4, 0.5) is 34.1 Å². The Morgan fingerprint density at radius 1 is 0.565 bits per heavy atom. The second kappa shape index (κ2) is 25.3. The second-order valence-corrected chi connectivity index (χ2v) is 17.4. The van der Waals surface area contributed by atoms with Crippen molar-refractivity contribution in [1.82, 2.24) is 0 Å². The van der Waals surface area contributed by atoms with Crippen LogP contribution in [-0.2, 0) is 32.0 Å². The molecule has 5 aromatic carbocycles. The molecule has 0 saturated heterocycles. The monoisotopic (exact) mass is 1040 g/mol. The maximum atomic E-state index is 13.6. The first-order valence-electron chi connectivity index (χ1n) is 20.8. The number of carbonyl (C=O) groups is 6. The number of alkyl halides is 3. The van der Waals surface area contributed by atoms with Crippen molar-refractivity contribution in [2.24, 2.45) is 20.5 Å². The number of methoxy groups -OCH3 is 2. The Balaban J connectivity index is 1.28. The molecule has 0 aliphatic carbocycles. The largest absolute Gasteiger partial charge is 0.495 e. The summed E-state index contributed by atoms with van der Waals surface area (Å²) in [5.74, 6) is -2.50. The molecule has 3 unspecified atom stereocenters. The van der Waals surface area contributed by atoms with Gasteiger partial charge in [0, 0.05) is 44.3 Å². The van der Waals surface area contributed by atoms with Gasteiger partial charge < -0.3 is 30.7 Å². The fourth-order valence-corrected chi connectivity index (χ4v) is 7.61. The Hall–Kier alpha value is -6.43. The Labute approximate surface area is 422 Å². The van der Waals surface area contributed by atoms with Crippen LogP contribution in [0.25, 0.3) is 0 Å². The van der Waals surface area contributed by atoms with Crippen LogP contribution in [0.2, 0.25) is 10.0 Å². The number of ketones is 2. The highest BCUT2D eigenvalue weighted by molar-refractivity contribution is 6.32. The van der Waals surface area contributed by atoms with Crippen LogP contribution in [0.15, 0.2) is 111 Å². The van der Waals surface area contributed by atoms with E-state index in [1.54, 1.807) is 31.2 Å². The zero-order valence-corrected chi connectivity index (χ0v) is 41.4. The van der Waals surface area contributed by atoms with Crippen molar-refractivity contribution in [2.75, 3.05) is 47.2 Å². The molecule has 0 aliphatic rings. The van der Waals surface area contributed by atoms with E-state index >= 15 is 0 Å². The highest BCUT2D eigenvalue weighted by atomic mass is 35.5. The Kier molecular flexibility index (Phi) is 19.6. The van der Waals surface area contributed by atoms with E-state index in [0.717, 1.165) is 25.0 Å². The summed E-state index contributed by atoms with van der Waals surface area (Å²) < 4.78 is 10.8. The van der Waals surface area contributed by atoms with Crippen molar-refractivity contribution in [3.63, 3.8) is 0 Å². The van der Waals surface area contributed by atoms with Crippen molar-refractivity contribution in [3.05, 3.63) is 129 Å². The minimum absolute atomic E-state index is 0.0791. The van der Waals surface area contributed by atoms with Crippen LogP contribution in [-0.4, -0.2) is 73.3 Å². The van der Waals surface area contributed by atoms with Crippen LogP contribution >= 0.6 is 58.0 Å². The zero-order chi connectivity index (χ0) is 50.4. The van der Waals surface area contributed by atoms with E-state index in [9.17, 15) is 28.8 Å². The lowest BCUT2D eigenvalue weighted by atomic mass is 10.1. The number of halogens is 5. The number of rotatable bonds is 21. The molecular formula is C48H45Cl5N8O8. The first kappa shape index (κ1) is 53.5. The van der Waals surface area contributed by atoms with E-state index in [1.807, 2.05) is 12.1 Å². The van der Waals surface area contributed by atoms with Gasteiger partial charge in [-0.15, -0.1) is 34.8 Å². The summed E-state index contributed by atoms with van der Waals surface area (Å²) in [4.78, 5) is 79.1. The molecule has 0 bridgehead atoms. The lowest BCUT2D eigenvalue weighted by molar-refractivity contribution is -0.127. The van der Waals surface area contributed by atoms with Gasteiger partial charge in [-0.1, -0.05) is 35.3 Å². The second-order valence-electron chi connectivity index (χ2n) is 15.1. The number of nitrogens with zero attached hydrogens (tertiary/aromatic N) is 4. The summed E-state index contributed by atoms with van der Waals surface area (Å²) >= 11 is 31.0. The van der Waals surface area contributed by atoms with Gasteiger partial charge >= 0.3 is 0 Å². The molecular weight excluding hydrogens is 994 g/mol. The van der Waals surface area contributed by atoms with Crippen molar-refractivity contribution >= 4 is 127 Å². The number of carbonyl (C=O) groups excluding carboxylic acids is 6. The van der Waals surface area contributed by atoms with Gasteiger partial charge in [-0.05, 0) is 129 Å². The highest BCUT2D eigenvalue weighted by Gasteiger charge is 2.27. The van der Waals surface area contributed by atoms with Gasteiger partial charge in [0.15, 0.2) is 11.6 Å². The summed E-state index contributed by atoms with van der Waals surface area (Å²) in [5, 5.41) is 26.5. The molecule has 21 heteroatoms. The normalized spacial score (nSPS) is 12.5. The minimum atomic E-state index is -1.64. The van der Waals surface area contributed by atoms with E-state index in [2.05, 4.69) is 41.7 Å². The van der Waals surface area contributed by atoms with Crippen LogP contribution in [0.5, 0.6) is 11.5 Å². The number of benzene rings is 5. The fraction of sp³-hybridized carbons (Fsp3) is 0.250. The Morgan fingerprint density at radius 2 is 1.01 bits per heavy atom. The fourth-order valence-electron chi connectivity index (χ4n) is 6.53. The molecule has 0 saturated carbocycles. The predicted octanol–water partition coefficient (Wildman–Crippen LogP) is 11.7. The average Bonchev–Trinajstić information content (AvgIpc) is 3.29. The standard InChI is InChI=1S/C48H45Cl5N8O8/c1-25(51)37-24-34(54-47(66)43(26(2)62)60-58-35-20-30(18-32(52)22-35)45(64)56-39-16-28(12-14-49)6-10-41(39)68-4)8-9-38(37)55-48(67)44(27(3)63)61-59-36-21-31(19-33(53)23-36)46(65)57-40-17-29(13-15-50)7-11-42(40)69-5/h6-11,16-25,43-44H,12-15H2,1-5H3,(H,54,66)(H,55,67)(H,56,64)(H,57,65). The van der Waals surface area contributed by atoms with Crippen molar-refractivity contribution in [1.29, 1.82) is 0 Å². The number of nitrogens with one attached hydrogen (secondary N) is 4. The number of Topliss-reactive ketones (excluding diaryl/α,β-unsaturated/α-hetero) is 2. The maximum Gasteiger partial charge on any atom is 0.258 e. The molecule has 0 spiro atoms. The molecule has 4 N–H and O–H groups in total. The van der Waals surface area contributed by atoms with Crippen molar-refractivity contribution in [3.8, 4) is 11.5 Å². The van der Waals surface area contributed by atoms with Gasteiger partial charge in [0.05, 0.1) is 42.3 Å². The van der Waals surface area contributed by atoms with E-state index in [-0.39, 0.29) is 43.9 Å². The van der Waals surface area contributed by atoms with Gasteiger partial charge in [0.2, 0.25) is 12.1 Å². The molecule has 0 radical (unpaired) electrons. The van der Waals surface area contributed by atoms with Gasteiger partial charge in [0.1, 0.15) is 11.5 Å². The summed E-state index contributed by atoms with van der Waals surface area (Å²) in [6, 6.07) is 20.0. The molecule has 5 aromatic rings. The Morgan fingerprint density at radius 3 is 1.42 bits per heavy atom. The van der Waals surface area contributed by atoms with E-state index < -0.39 is 52.7 Å². The number of hydrogen-bond donors (Lipinski definition) is 4. The minimum Gasteiger partial charge on any atom is -0.495 e. The summed E-state index contributed by atoms with van der Waals surface area (Å²) in [6.45, 7) is 3.93. The number of hydrogen-bond acceptors (Lipinski definition) is 12. The third-order valence-electron chi connectivity index (χ3n) is 9.93. The van der Waals surface area contributed by atoms with Crippen LogP contribution < -0.4 is 30.7 Å². The number of amides is 4. The smallest absolute Gasteiger partial charge is 0.258 e. The SMILES string of the molecule is COc1ccc(CCCl)cc1NC(=O)c1cc(Cl)cc(N=NC(C(C)=O)C(=O)Nc2ccc(NC(=O)C(N=Nc3cc(Cl)cc(C(=O)Nc4cc(CCCl)ccc4OC)c3)C(C)=O)c(C(C)Cl)c2)c1. The molecule has 0 aliphatic heterocycles. The molecule has 0 heterocycles. The number of aryl methyl sites for hydroxylation is 2. The molecule has 3 atom stereocenters. The van der Waals surface area contributed by atoms with E-state index in [1.165, 1.54) is 68.8 Å². The predicted molar refractivity (Wildman–Crippen MR) is 270 cm³/mol. The van der Waals surface area contributed by atoms with E-state index in [4.69, 9.17) is 67.5 Å². The molecule has 4 amide bonds. The van der Waals surface area contributed by atoms with Crippen molar-refractivity contribution < 1.29 is 38.2 Å². The molecule has 16 nitrogen and oxygen atoms in total. The summed E-state index contributed by atoms with van der Waals surface area (Å²) in [7, 11) is 2.94. The zero-order valence-electron chi connectivity index (χ0n) is 37.7. The van der Waals surface area contributed by atoms with Gasteiger partial charge in [-0.25, -0.2) is 0 Å². The van der Waals surface area contributed by atoms with Gasteiger partial charge in [-0.2, -0.15) is 20.5 Å². The van der Waals surface area contributed by atoms with Crippen molar-refractivity contribution in [2.45, 2.75) is 51.1 Å². The van der Waals surface area contributed by atoms with Gasteiger partial charge in [0.25, 0.3) is 23.6 Å².